The van der Waals surface area contributed by atoms with Crippen LogP contribution in [-0.4, -0.2) is 29.6 Å². The van der Waals surface area contributed by atoms with Gasteiger partial charge < -0.3 is 15.0 Å². The summed E-state index contributed by atoms with van der Waals surface area (Å²) >= 11 is 7.52. The molecule has 1 N–H and O–H groups in total. The van der Waals surface area contributed by atoms with Crippen LogP contribution in [-0.2, 0) is 13.0 Å². The number of carbonyl (C=O) groups excluding carboxylic acids is 1. The van der Waals surface area contributed by atoms with E-state index < -0.39 is 0 Å². The summed E-state index contributed by atoms with van der Waals surface area (Å²) in [6.45, 7) is 1.21. The normalized spacial score (nSPS) is 13.2. The molecule has 0 atom stereocenters. The molecule has 0 spiro atoms. The molecule has 7 heteroatoms. The van der Waals surface area contributed by atoms with Crippen molar-refractivity contribution < 1.29 is 9.53 Å². The van der Waals surface area contributed by atoms with Crippen LogP contribution in [0.5, 0.6) is 5.75 Å². The Hall–Kier alpha value is -2.57. The number of thiazole rings is 1. The maximum Gasteiger partial charge on any atom is 0.322 e. The van der Waals surface area contributed by atoms with Crippen molar-refractivity contribution in [2.24, 2.45) is 0 Å². The Bertz CT molecular complexity index is 972. The average Bonchev–Trinajstić information content (AvgIpc) is 3.13. The Balaban J connectivity index is 1.49. The lowest BCUT2D eigenvalue weighted by Gasteiger charge is -2.26. The molecule has 5 nitrogen and oxygen atoms in total. The quantitative estimate of drug-likeness (QED) is 0.669. The Morgan fingerprint density at radius 3 is 2.85 bits per heavy atom. The third-order valence-corrected chi connectivity index (χ3v) is 5.81. The van der Waals surface area contributed by atoms with E-state index >= 15 is 0 Å². The number of benzene rings is 2. The van der Waals surface area contributed by atoms with Gasteiger partial charge in [-0.2, -0.15) is 0 Å². The molecule has 1 aliphatic heterocycles. The number of urea groups is 1. The van der Waals surface area contributed by atoms with Crippen molar-refractivity contribution in [3.05, 3.63) is 64.1 Å². The minimum absolute atomic E-state index is 0.112. The number of anilines is 1. The summed E-state index contributed by atoms with van der Waals surface area (Å²) < 4.78 is 5.30. The number of methoxy groups -OCH3 is 1. The fourth-order valence-electron chi connectivity index (χ4n) is 2.98. The van der Waals surface area contributed by atoms with Gasteiger partial charge in [-0.1, -0.05) is 23.7 Å². The molecule has 0 bridgehead atoms. The second-order valence-electron chi connectivity index (χ2n) is 6.23. The molecule has 0 unspecified atom stereocenters. The van der Waals surface area contributed by atoms with Crippen LogP contribution >= 0.6 is 22.9 Å². The lowest BCUT2D eigenvalue weighted by atomic mass is 10.2. The molecule has 4 rings (SSSR count). The summed E-state index contributed by atoms with van der Waals surface area (Å²) in [5.74, 6) is 0.810. The zero-order chi connectivity index (χ0) is 18.8. The van der Waals surface area contributed by atoms with E-state index in [1.807, 2.05) is 29.2 Å². The van der Waals surface area contributed by atoms with Gasteiger partial charge in [0.2, 0.25) is 0 Å². The van der Waals surface area contributed by atoms with Crippen molar-refractivity contribution in [2.45, 2.75) is 13.0 Å². The SMILES string of the molecule is COc1cccc(-c2nc3c(s2)CN(C(=O)Nc2ccc(Cl)cc2)CC3)c1. The number of hydrogen-bond acceptors (Lipinski definition) is 4. The Morgan fingerprint density at radius 1 is 1.26 bits per heavy atom. The summed E-state index contributed by atoms with van der Waals surface area (Å²) in [5, 5.41) is 4.52. The second-order valence-corrected chi connectivity index (χ2v) is 7.75. The molecular weight excluding hydrogens is 382 g/mol. The van der Waals surface area contributed by atoms with Crippen LogP contribution in [0, 0.1) is 0 Å². The summed E-state index contributed by atoms with van der Waals surface area (Å²) in [7, 11) is 1.66. The van der Waals surface area contributed by atoms with Crippen LogP contribution < -0.4 is 10.1 Å². The first kappa shape index (κ1) is 17.8. The fraction of sp³-hybridized carbons (Fsp3) is 0.200. The van der Waals surface area contributed by atoms with Crippen LogP contribution in [0.4, 0.5) is 10.5 Å². The lowest BCUT2D eigenvalue weighted by Crippen LogP contribution is -2.38. The molecule has 27 heavy (non-hydrogen) atoms. The number of aromatic nitrogens is 1. The molecule has 2 heterocycles. The van der Waals surface area contributed by atoms with E-state index in [1.54, 1.807) is 42.7 Å². The predicted octanol–water partition coefficient (Wildman–Crippen LogP) is 5.06. The Morgan fingerprint density at radius 2 is 2.07 bits per heavy atom. The van der Waals surface area contributed by atoms with Gasteiger partial charge in [-0.25, -0.2) is 9.78 Å². The molecule has 0 aliphatic carbocycles. The topological polar surface area (TPSA) is 54.5 Å². The van der Waals surface area contributed by atoms with Crippen molar-refractivity contribution in [1.82, 2.24) is 9.88 Å². The predicted molar refractivity (Wildman–Crippen MR) is 109 cm³/mol. The molecule has 0 fully saturated rings. The number of halogens is 1. The van der Waals surface area contributed by atoms with Gasteiger partial charge in [0.05, 0.1) is 19.3 Å². The Labute approximate surface area is 166 Å². The molecule has 0 radical (unpaired) electrons. The second kappa shape index (κ2) is 7.58. The van der Waals surface area contributed by atoms with Gasteiger partial charge in [-0.05, 0) is 36.4 Å². The van der Waals surface area contributed by atoms with E-state index in [-0.39, 0.29) is 6.03 Å². The first-order chi connectivity index (χ1) is 13.1. The number of nitrogens with one attached hydrogen (secondary N) is 1. The maximum atomic E-state index is 12.6. The maximum absolute atomic E-state index is 12.6. The van der Waals surface area contributed by atoms with Gasteiger partial charge in [-0.3, -0.25) is 0 Å². The van der Waals surface area contributed by atoms with E-state index in [9.17, 15) is 4.79 Å². The number of rotatable bonds is 3. The van der Waals surface area contributed by atoms with Crippen molar-refractivity contribution in [3.8, 4) is 16.3 Å². The minimum atomic E-state index is -0.112. The average molecular weight is 400 g/mol. The molecule has 1 aliphatic rings. The van der Waals surface area contributed by atoms with Crippen LogP contribution in [0.25, 0.3) is 10.6 Å². The Kier molecular flexibility index (Phi) is 5.01. The van der Waals surface area contributed by atoms with Gasteiger partial charge >= 0.3 is 6.03 Å². The number of hydrogen-bond donors (Lipinski definition) is 1. The summed E-state index contributed by atoms with van der Waals surface area (Å²) in [5.41, 5.74) is 2.84. The molecule has 3 aromatic rings. The fourth-order valence-corrected chi connectivity index (χ4v) is 4.23. The van der Waals surface area contributed by atoms with E-state index in [1.165, 1.54) is 0 Å². The number of fused-ring (bicyclic) bond motifs is 1. The lowest BCUT2D eigenvalue weighted by molar-refractivity contribution is 0.207. The van der Waals surface area contributed by atoms with Crippen molar-refractivity contribution in [2.75, 3.05) is 19.0 Å². The van der Waals surface area contributed by atoms with E-state index in [0.717, 1.165) is 39.0 Å². The van der Waals surface area contributed by atoms with Crippen LogP contribution in [0.1, 0.15) is 10.6 Å². The van der Waals surface area contributed by atoms with Crippen molar-refractivity contribution in [3.63, 3.8) is 0 Å². The molecule has 2 amide bonds. The van der Waals surface area contributed by atoms with Gasteiger partial charge in [0.15, 0.2) is 0 Å². The molecular formula is C20H18ClN3O2S. The standard InChI is InChI=1S/C20H18ClN3O2S/c1-26-16-4-2-3-13(11-16)19-23-17-9-10-24(12-18(17)27-19)20(25)22-15-7-5-14(21)6-8-15/h2-8,11H,9-10,12H2,1H3,(H,22,25). The molecule has 0 saturated heterocycles. The zero-order valence-electron chi connectivity index (χ0n) is 14.7. The van der Waals surface area contributed by atoms with Gasteiger partial charge in [0, 0.05) is 34.1 Å². The first-order valence-electron chi connectivity index (χ1n) is 8.57. The number of carbonyl (C=O) groups is 1. The third kappa shape index (κ3) is 3.91. The smallest absolute Gasteiger partial charge is 0.322 e. The molecule has 1 aromatic heterocycles. The number of amides is 2. The van der Waals surface area contributed by atoms with Gasteiger partial charge in [0.1, 0.15) is 10.8 Å². The molecule has 138 valence electrons. The van der Waals surface area contributed by atoms with Crippen LogP contribution in [0.15, 0.2) is 48.5 Å². The monoisotopic (exact) mass is 399 g/mol. The van der Waals surface area contributed by atoms with Crippen molar-refractivity contribution in [1.29, 1.82) is 0 Å². The molecule has 0 saturated carbocycles. The van der Waals surface area contributed by atoms with Gasteiger partial charge in [0.25, 0.3) is 0 Å². The zero-order valence-corrected chi connectivity index (χ0v) is 16.3. The first-order valence-corrected chi connectivity index (χ1v) is 9.76. The molecule has 2 aromatic carbocycles. The minimum Gasteiger partial charge on any atom is -0.497 e. The number of ether oxygens (including phenoxy) is 1. The summed E-state index contributed by atoms with van der Waals surface area (Å²) in [6.07, 6.45) is 0.754. The van der Waals surface area contributed by atoms with Gasteiger partial charge in [-0.15, -0.1) is 11.3 Å². The highest BCUT2D eigenvalue weighted by molar-refractivity contribution is 7.15. The van der Waals surface area contributed by atoms with E-state index in [0.29, 0.717) is 18.1 Å². The highest BCUT2D eigenvalue weighted by Gasteiger charge is 2.24. The van der Waals surface area contributed by atoms with E-state index in [2.05, 4.69) is 5.32 Å². The number of nitrogens with zero attached hydrogens (tertiary/aromatic N) is 2. The largest absolute Gasteiger partial charge is 0.497 e. The van der Waals surface area contributed by atoms with Crippen molar-refractivity contribution >= 4 is 34.7 Å². The highest BCUT2D eigenvalue weighted by Crippen LogP contribution is 2.33. The van der Waals surface area contributed by atoms with E-state index in [4.69, 9.17) is 21.3 Å². The third-order valence-electron chi connectivity index (χ3n) is 4.43. The highest BCUT2D eigenvalue weighted by atomic mass is 35.5. The van der Waals surface area contributed by atoms with Crippen LogP contribution in [0.3, 0.4) is 0 Å². The van der Waals surface area contributed by atoms with Crippen LogP contribution in [0.2, 0.25) is 5.02 Å². The summed E-state index contributed by atoms with van der Waals surface area (Å²) in [6, 6.07) is 14.9. The summed E-state index contributed by atoms with van der Waals surface area (Å²) in [4.78, 5) is 20.3.